The molecular formula is C19H19FN2O4. The maximum atomic E-state index is 14.2. The van der Waals surface area contributed by atoms with E-state index in [1.54, 1.807) is 25.1 Å². The summed E-state index contributed by atoms with van der Waals surface area (Å²) in [6.07, 6.45) is 3.04. The molecule has 2 heterocycles. The highest BCUT2D eigenvalue weighted by molar-refractivity contribution is 6.05. The summed E-state index contributed by atoms with van der Waals surface area (Å²) in [6, 6.07) is 6.30. The van der Waals surface area contributed by atoms with Gasteiger partial charge >= 0.3 is 5.97 Å². The summed E-state index contributed by atoms with van der Waals surface area (Å²) in [5, 5.41) is 13.2. The number of anilines is 2. The van der Waals surface area contributed by atoms with Gasteiger partial charge in [0.15, 0.2) is 0 Å². The molecule has 26 heavy (non-hydrogen) atoms. The van der Waals surface area contributed by atoms with E-state index < -0.39 is 17.4 Å². The third-order valence-corrected chi connectivity index (χ3v) is 3.62. The highest BCUT2D eigenvalue weighted by atomic mass is 19.1. The summed E-state index contributed by atoms with van der Waals surface area (Å²) >= 11 is 0. The molecule has 7 heteroatoms. The van der Waals surface area contributed by atoms with E-state index in [1.807, 2.05) is 0 Å². The number of carbonyl (C=O) groups is 1. The van der Waals surface area contributed by atoms with Crippen LogP contribution in [0.3, 0.4) is 0 Å². The summed E-state index contributed by atoms with van der Waals surface area (Å²) in [5.74, 6) is -1.34. The number of halogens is 1. The molecular weight excluding hydrogens is 339 g/mol. The van der Waals surface area contributed by atoms with Gasteiger partial charge in [0.05, 0.1) is 16.7 Å². The Kier molecular flexibility index (Phi) is 4.65. The third kappa shape index (κ3) is 3.83. The van der Waals surface area contributed by atoms with Crippen LogP contribution in [-0.4, -0.2) is 28.3 Å². The first-order valence-corrected chi connectivity index (χ1v) is 8.04. The first-order chi connectivity index (χ1) is 12.2. The number of nitrogens with one attached hydrogen (secondary N) is 1. The molecule has 0 spiro atoms. The molecule has 0 radical (unpaired) electrons. The van der Waals surface area contributed by atoms with Crippen molar-refractivity contribution in [3.8, 4) is 0 Å². The van der Waals surface area contributed by atoms with Crippen LogP contribution in [-0.2, 0) is 4.74 Å². The molecule has 0 fully saturated rings. The fourth-order valence-corrected chi connectivity index (χ4v) is 2.37. The lowest BCUT2D eigenvalue weighted by Crippen LogP contribution is -2.27. The van der Waals surface area contributed by atoms with Crippen LogP contribution in [0.5, 0.6) is 0 Å². The topological polar surface area (TPSA) is 84.6 Å². The lowest BCUT2D eigenvalue weighted by Gasteiger charge is -2.16. The molecule has 0 aliphatic carbocycles. The number of aliphatic hydroxyl groups is 1. The van der Waals surface area contributed by atoms with E-state index in [1.165, 1.54) is 32.3 Å². The maximum Gasteiger partial charge on any atom is 0.376 e. The first kappa shape index (κ1) is 17.9. The number of rotatable bonds is 5. The summed E-state index contributed by atoms with van der Waals surface area (Å²) in [4.78, 5) is 16.5. The Morgan fingerprint density at radius 2 is 2.15 bits per heavy atom. The van der Waals surface area contributed by atoms with E-state index >= 15 is 0 Å². The normalized spacial score (nSPS) is 11.6. The van der Waals surface area contributed by atoms with Crippen LogP contribution in [0.15, 0.2) is 41.1 Å². The first-order valence-electron chi connectivity index (χ1n) is 8.04. The van der Waals surface area contributed by atoms with Gasteiger partial charge in [-0.15, -0.1) is 0 Å². The predicted molar refractivity (Wildman–Crippen MR) is 95.0 cm³/mol. The molecule has 0 saturated heterocycles. The van der Waals surface area contributed by atoms with Gasteiger partial charge in [-0.3, -0.25) is 4.98 Å². The molecule has 0 aliphatic rings. The summed E-state index contributed by atoms with van der Waals surface area (Å²) in [5.41, 5.74) is 0.456. The van der Waals surface area contributed by atoms with Crippen LogP contribution < -0.4 is 5.32 Å². The van der Waals surface area contributed by atoms with Crippen molar-refractivity contribution >= 4 is 28.3 Å². The van der Waals surface area contributed by atoms with Crippen molar-refractivity contribution in [3.63, 3.8) is 0 Å². The summed E-state index contributed by atoms with van der Waals surface area (Å²) in [6.45, 7) is 4.61. The molecule has 6 nitrogen and oxygen atoms in total. The van der Waals surface area contributed by atoms with Crippen molar-refractivity contribution in [2.45, 2.75) is 26.4 Å². The zero-order chi connectivity index (χ0) is 18.9. The number of furan rings is 1. The van der Waals surface area contributed by atoms with E-state index in [0.717, 1.165) is 5.56 Å². The van der Waals surface area contributed by atoms with Gasteiger partial charge in [0.2, 0.25) is 5.76 Å². The predicted octanol–water partition coefficient (Wildman–Crippen LogP) is 3.95. The van der Waals surface area contributed by atoms with Gasteiger partial charge in [0.25, 0.3) is 0 Å². The highest BCUT2D eigenvalue weighted by Crippen LogP contribution is 2.34. The fraction of sp³-hybridized carbons (Fsp3) is 0.263. The van der Waals surface area contributed by atoms with Crippen molar-refractivity contribution in [3.05, 3.63) is 53.8 Å². The second-order valence-corrected chi connectivity index (χ2v) is 6.67. The van der Waals surface area contributed by atoms with Gasteiger partial charge in [-0.1, -0.05) is 6.07 Å². The SMILES string of the molecule is Cc1ccc(Nc2c(C(=O)OCC(C)(C)O)oc3ccncc23)c(F)c1. The Balaban J connectivity index is 2.00. The lowest BCUT2D eigenvalue weighted by molar-refractivity contribution is -0.0117. The number of ether oxygens (including phenoxy) is 1. The number of esters is 1. The Morgan fingerprint density at radius 3 is 2.85 bits per heavy atom. The van der Waals surface area contributed by atoms with Gasteiger partial charge < -0.3 is 19.6 Å². The molecule has 0 atom stereocenters. The smallest absolute Gasteiger partial charge is 0.376 e. The number of carbonyl (C=O) groups excluding carboxylic acids is 1. The number of benzene rings is 1. The molecule has 0 unspecified atom stereocenters. The quantitative estimate of drug-likeness (QED) is 0.672. The van der Waals surface area contributed by atoms with Crippen LogP contribution >= 0.6 is 0 Å². The molecule has 0 amide bonds. The molecule has 2 aromatic heterocycles. The van der Waals surface area contributed by atoms with Crippen LogP contribution in [0, 0.1) is 12.7 Å². The number of hydrogen-bond acceptors (Lipinski definition) is 6. The minimum absolute atomic E-state index is 0.114. The van der Waals surface area contributed by atoms with E-state index in [9.17, 15) is 14.3 Å². The number of aromatic nitrogens is 1. The summed E-state index contributed by atoms with van der Waals surface area (Å²) in [7, 11) is 0. The van der Waals surface area contributed by atoms with Gasteiger partial charge in [-0.2, -0.15) is 0 Å². The number of aryl methyl sites for hydroxylation is 1. The monoisotopic (exact) mass is 358 g/mol. The molecule has 0 bridgehead atoms. The van der Waals surface area contributed by atoms with E-state index in [-0.39, 0.29) is 23.7 Å². The molecule has 2 N–H and O–H groups in total. The molecule has 3 aromatic rings. The fourth-order valence-electron chi connectivity index (χ4n) is 2.37. The highest BCUT2D eigenvalue weighted by Gasteiger charge is 2.25. The third-order valence-electron chi connectivity index (χ3n) is 3.62. The molecule has 136 valence electrons. The van der Waals surface area contributed by atoms with Crippen molar-refractivity contribution < 1.29 is 23.4 Å². The van der Waals surface area contributed by atoms with Gasteiger partial charge in [-0.25, -0.2) is 9.18 Å². The van der Waals surface area contributed by atoms with Crippen molar-refractivity contribution in [2.75, 3.05) is 11.9 Å². The lowest BCUT2D eigenvalue weighted by atomic mass is 10.2. The Morgan fingerprint density at radius 1 is 1.38 bits per heavy atom. The van der Waals surface area contributed by atoms with Crippen LogP contribution in [0.1, 0.15) is 30.0 Å². The molecule has 0 aliphatic heterocycles. The number of pyridine rings is 1. The van der Waals surface area contributed by atoms with E-state index in [0.29, 0.717) is 11.0 Å². The molecule has 0 saturated carbocycles. The van der Waals surface area contributed by atoms with Crippen LogP contribution in [0.2, 0.25) is 0 Å². The average molecular weight is 358 g/mol. The summed E-state index contributed by atoms with van der Waals surface area (Å²) < 4.78 is 24.9. The number of hydrogen-bond donors (Lipinski definition) is 2. The van der Waals surface area contributed by atoms with Crippen LogP contribution in [0.4, 0.5) is 15.8 Å². The zero-order valence-electron chi connectivity index (χ0n) is 14.7. The van der Waals surface area contributed by atoms with E-state index in [4.69, 9.17) is 9.15 Å². The minimum Gasteiger partial charge on any atom is -0.457 e. The molecule has 3 rings (SSSR count). The van der Waals surface area contributed by atoms with Crippen LogP contribution in [0.25, 0.3) is 11.0 Å². The van der Waals surface area contributed by atoms with Gasteiger partial charge in [0, 0.05) is 12.4 Å². The molecule has 1 aromatic carbocycles. The van der Waals surface area contributed by atoms with E-state index in [2.05, 4.69) is 10.3 Å². The van der Waals surface area contributed by atoms with Crippen molar-refractivity contribution in [1.29, 1.82) is 0 Å². The number of nitrogens with zero attached hydrogens (tertiary/aromatic N) is 1. The largest absolute Gasteiger partial charge is 0.457 e. The Hall–Kier alpha value is -2.93. The zero-order valence-corrected chi connectivity index (χ0v) is 14.7. The number of fused-ring (bicyclic) bond motifs is 1. The van der Waals surface area contributed by atoms with Crippen molar-refractivity contribution in [2.24, 2.45) is 0 Å². The van der Waals surface area contributed by atoms with Gasteiger partial charge in [-0.05, 0) is 44.5 Å². The standard InChI is InChI=1S/C19H19FN2O4/c1-11-4-5-14(13(20)8-11)22-16-12-9-21-7-6-15(12)26-17(16)18(23)25-10-19(2,3)24/h4-9,22,24H,10H2,1-3H3. The Labute approximate surface area is 149 Å². The average Bonchev–Trinajstić information content (AvgIpc) is 2.93. The second kappa shape index (κ2) is 6.76. The maximum absolute atomic E-state index is 14.2. The minimum atomic E-state index is -1.18. The second-order valence-electron chi connectivity index (χ2n) is 6.67. The van der Waals surface area contributed by atoms with Gasteiger partial charge in [0.1, 0.15) is 23.7 Å². The van der Waals surface area contributed by atoms with Crippen molar-refractivity contribution in [1.82, 2.24) is 4.98 Å². The Bertz CT molecular complexity index is 960.